The Morgan fingerprint density at radius 2 is 1.81 bits per heavy atom. The van der Waals surface area contributed by atoms with Crippen molar-refractivity contribution in [2.75, 3.05) is 5.73 Å². The van der Waals surface area contributed by atoms with Crippen molar-refractivity contribution in [2.24, 2.45) is 0 Å². The highest BCUT2D eigenvalue weighted by atomic mass is 79.9. The van der Waals surface area contributed by atoms with E-state index in [2.05, 4.69) is 20.7 Å². The molecule has 2 aromatic rings. The van der Waals surface area contributed by atoms with Crippen molar-refractivity contribution >= 4 is 31.6 Å². The van der Waals surface area contributed by atoms with E-state index in [1.807, 2.05) is 37.3 Å². The molecule has 4 nitrogen and oxygen atoms in total. The first kappa shape index (κ1) is 16.0. The standard InChI is InChI=1S/C15H17BrN2O2S/c1-10-14(17)8-13(16)9-15(10)21(19,20)18-11(2)12-6-4-3-5-7-12/h3-9,11,18H,17H2,1-2H3. The van der Waals surface area contributed by atoms with Gasteiger partial charge in [0.2, 0.25) is 10.0 Å². The fourth-order valence-corrected chi connectivity index (χ4v) is 4.22. The Balaban J connectivity index is 2.35. The predicted molar refractivity (Wildman–Crippen MR) is 88.5 cm³/mol. The van der Waals surface area contributed by atoms with Crippen LogP contribution < -0.4 is 10.5 Å². The Kier molecular flexibility index (Phi) is 4.70. The van der Waals surface area contributed by atoms with Gasteiger partial charge in [0.15, 0.2) is 0 Å². The van der Waals surface area contributed by atoms with E-state index in [1.54, 1.807) is 19.1 Å². The van der Waals surface area contributed by atoms with E-state index in [0.717, 1.165) is 5.56 Å². The summed E-state index contributed by atoms with van der Waals surface area (Å²) in [4.78, 5) is 0.192. The Labute approximate surface area is 133 Å². The summed E-state index contributed by atoms with van der Waals surface area (Å²) in [5.41, 5.74) is 7.73. The highest BCUT2D eigenvalue weighted by Gasteiger charge is 2.21. The highest BCUT2D eigenvalue weighted by molar-refractivity contribution is 9.10. The predicted octanol–water partition coefficient (Wildman–Crippen LogP) is 3.38. The van der Waals surface area contributed by atoms with Crippen LogP contribution >= 0.6 is 15.9 Å². The summed E-state index contributed by atoms with van der Waals surface area (Å²) in [6.07, 6.45) is 0. The second-order valence-electron chi connectivity index (χ2n) is 4.87. The normalized spacial score (nSPS) is 13.1. The lowest BCUT2D eigenvalue weighted by atomic mass is 10.1. The number of nitrogens with one attached hydrogen (secondary N) is 1. The van der Waals surface area contributed by atoms with Gasteiger partial charge in [0.1, 0.15) is 0 Å². The SMILES string of the molecule is Cc1c(N)cc(Br)cc1S(=O)(=O)NC(C)c1ccccc1. The Morgan fingerprint density at radius 1 is 1.19 bits per heavy atom. The summed E-state index contributed by atoms with van der Waals surface area (Å²) in [6, 6.07) is 12.3. The number of hydrogen-bond donors (Lipinski definition) is 2. The fourth-order valence-electron chi connectivity index (χ4n) is 2.06. The molecule has 6 heteroatoms. The van der Waals surface area contributed by atoms with E-state index in [1.165, 1.54) is 0 Å². The maximum atomic E-state index is 12.6. The van der Waals surface area contributed by atoms with Gasteiger partial charge in [0.25, 0.3) is 0 Å². The Bertz CT molecular complexity index is 746. The lowest BCUT2D eigenvalue weighted by Gasteiger charge is -2.17. The number of nitrogen functional groups attached to an aromatic ring is 1. The van der Waals surface area contributed by atoms with Crippen LogP contribution in [0, 0.1) is 6.92 Å². The molecule has 0 amide bonds. The number of halogens is 1. The lowest BCUT2D eigenvalue weighted by Crippen LogP contribution is -2.27. The number of hydrogen-bond acceptors (Lipinski definition) is 3. The van der Waals surface area contributed by atoms with E-state index in [9.17, 15) is 8.42 Å². The third kappa shape index (κ3) is 3.64. The van der Waals surface area contributed by atoms with Gasteiger partial charge in [-0.2, -0.15) is 0 Å². The summed E-state index contributed by atoms with van der Waals surface area (Å²) >= 11 is 3.28. The van der Waals surface area contributed by atoms with Crippen LogP contribution in [0.25, 0.3) is 0 Å². The summed E-state index contributed by atoms with van der Waals surface area (Å²) in [5.74, 6) is 0. The van der Waals surface area contributed by atoms with Crippen molar-refractivity contribution in [2.45, 2.75) is 24.8 Å². The fraction of sp³-hybridized carbons (Fsp3) is 0.200. The molecule has 0 aliphatic carbocycles. The molecule has 0 radical (unpaired) electrons. The summed E-state index contributed by atoms with van der Waals surface area (Å²) in [6.45, 7) is 3.51. The van der Waals surface area contributed by atoms with Crippen LogP contribution in [0.4, 0.5) is 5.69 Å². The third-order valence-corrected chi connectivity index (χ3v) is 5.41. The number of benzene rings is 2. The monoisotopic (exact) mass is 368 g/mol. The van der Waals surface area contributed by atoms with Crippen molar-refractivity contribution in [3.8, 4) is 0 Å². The first-order valence-corrected chi connectivity index (χ1v) is 8.72. The van der Waals surface area contributed by atoms with Gasteiger partial charge >= 0.3 is 0 Å². The molecule has 0 aliphatic rings. The molecule has 0 saturated heterocycles. The molecule has 0 aliphatic heterocycles. The summed E-state index contributed by atoms with van der Waals surface area (Å²) in [7, 11) is -3.64. The smallest absolute Gasteiger partial charge is 0.241 e. The molecule has 1 atom stereocenters. The van der Waals surface area contributed by atoms with Crippen LogP contribution in [0.2, 0.25) is 0 Å². The van der Waals surface area contributed by atoms with Gasteiger partial charge in [-0.15, -0.1) is 0 Å². The van der Waals surface area contributed by atoms with E-state index in [0.29, 0.717) is 15.7 Å². The van der Waals surface area contributed by atoms with Crippen LogP contribution in [0.5, 0.6) is 0 Å². The van der Waals surface area contributed by atoms with Crippen LogP contribution in [-0.4, -0.2) is 8.42 Å². The molecule has 0 heterocycles. The number of rotatable bonds is 4. The van der Waals surface area contributed by atoms with Crippen molar-refractivity contribution in [1.82, 2.24) is 4.72 Å². The van der Waals surface area contributed by atoms with Crippen LogP contribution in [-0.2, 0) is 10.0 Å². The molecular formula is C15H17BrN2O2S. The first-order chi connectivity index (χ1) is 9.81. The zero-order valence-electron chi connectivity index (χ0n) is 11.8. The molecule has 1 unspecified atom stereocenters. The van der Waals surface area contributed by atoms with Gasteiger partial charge in [-0.05, 0) is 37.1 Å². The van der Waals surface area contributed by atoms with Crippen molar-refractivity contribution < 1.29 is 8.42 Å². The van der Waals surface area contributed by atoms with Gasteiger partial charge in [-0.25, -0.2) is 13.1 Å². The highest BCUT2D eigenvalue weighted by Crippen LogP contribution is 2.27. The summed E-state index contributed by atoms with van der Waals surface area (Å²) in [5, 5.41) is 0. The van der Waals surface area contributed by atoms with Crippen LogP contribution in [0.15, 0.2) is 51.8 Å². The number of anilines is 1. The Hall–Kier alpha value is -1.37. The molecule has 112 valence electrons. The van der Waals surface area contributed by atoms with Gasteiger partial charge in [0, 0.05) is 16.2 Å². The summed E-state index contributed by atoms with van der Waals surface area (Å²) < 4.78 is 28.4. The Morgan fingerprint density at radius 3 is 2.43 bits per heavy atom. The van der Waals surface area contributed by atoms with Crippen molar-refractivity contribution in [3.05, 3.63) is 58.1 Å². The topological polar surface area (TPSA) is 72.2 Å². The molecule has 0 saturated carbocycles. The molecule has 2 rings (SSSR count). The van der Waals surface area contributed by atoms with Gasteiger partial charge in [0.05, 0.1) is 4.90 Å². The zero-order valence-corrected chi connectivity index (χ0v) is 14.2. The van der Waals surface area contributed by atoms with E-state index in [4.69, 9.17) is 5.73 Å². The lowest BCUT2D eigenvalue weighted by molar-refractivity contribution is 0.566. The quantitative estimate of drug-likeness (QED) is 0.812. The molecular weight excluding hydrogens is 352 g/mol. The molecule has 2 aromatic carbocycles. The molecule has 3 N–H and O–H groups in total. The first-order valence-electron chi connectivity index (χ1n) is 6.44. The minimum Gasteiger partial charge on any atom is -0.398 e. The minimum absolute atomic E-state index is 0.192. The molecule has 0 bridgehead atoms. The molecule has 21 heavy (non-hydrogen) atoms. The van der Waals surface area contributed by atoms with Crippen molar-refractivity contribution in [3.63, 3.8) is 0 Å². The maximum absolute atomic E-state index is 12.6. The van der Waals surface area contributed by atoms with E-state index < -0.39 is 10.0 Å². The van der Waals surface area contributed by atoms with E-state index >= 15 is 0 Å². The zero-order chi connectivity index (χ0) is 15.6. The van der Waals surface area contributed by atoms with Crippen molar-refractivity contribution in [1.29, 1.82) is 0 Å². The number of sulfonamides is 1. The van der Waals surface area contributed by atoms with Gasteiger partial charge in [-0.1, -0.05) is 46.3 Å². The second-order valence-corrected chi connectivity index (χ2v) is 7.47. The third-order valence-electron chi connectivity index (χ3n) is 3.29. The molecule has 0 aromatic heterocycles. The van der Waals surface area contributed by atoms with Crippen LogP contribution in [0.1, 0.15) is 24.1 Å². The van der Waals surface area contributed by atoms with Crippen LogP contribution in [0.3, 0.4) is 0 Å². The number of nitrogens with two attached hydrogens (primary N) is 1. The van der Waals surface area contributed by atoms with E-state index in [-0.39, 0.29) is 10.9 Å². The second kappa shape index (κ2) is 6.17. The maximum Gasteiger partial charge on any atom is 0.241 e. The average Bonchev–Trinajstić information content (AvgIpc) is 2.43. The van der Waals surface area contributed by atoms with Gasteiger partial charge in [-0.3, -0.25) is 0 Å². The minimum atomic E-state index is -3.64. The average molecular weight is 369 g/mol. The van der Waals surface area contributed by atoms with Gasteiger partial charge < -0.3 is 5.73 Å². The molecule has 0 spiro atoms. The largest absolute Gasteiger partial charge is 0.398 e. The molecule has 0 fully saturated rings.